The fraction of sp³-hybridized carbons (Fsp3) is 0.412. The van der Waals surface area contributed by atoms with Gasteiger partial charge in [-0.3, -0.25) is 4.90 Å². The minimum absolute atomic E-state index is 0.211. The summed E-state index contributed by atoms with van der Waals surface area (Å²) in [6, 6.07) is 0.223. The van der Waals surface area contributed by atoms with Gasteiger partial charge in [-0.2, -0.15) is 0 Å². The maximum absolute atomic E-state index is 13.8. The van der Waals surface area contributed by atoms with Gasteiger partial charge < -0.3 is 0 Å². The van der Waals surface area contributed by atoms with Crippen molar-refractivity contribution in [1.29, 1.82) is 0 Å². The number of rotatable bonds is 3. The standard InChI is InChI=1S/C17H17F4N3/c1-9(2)17-22-6-10-7-24(4-3-14(10)23-17)8-11-15(20)12(18)5-13(19)16(11)21/h5-6,9H,3-4,7-8H2,1-2H3. The third-order valence-electron chi connectivity index (χ3n) is 4.13. The van der Waals surface area contributed by atoms with Crippen molar-refractivity contribution in [3.63, 3.8) is 0 Å². The van der Waals surface area contributed by atoms with Gasteiger partial charge in [0.2, 0.25) is 0 Å². The average molecular weight is 339 g/mol. The van der Waals surface area contributed by atoms with Crippen LogP contribution in [0.1, 0.15) is 42.4 Å². The zero-order valence-electron chi connectivity index (χ0n) is 13.4. The number of benzene rings is 1. The molecule has 0 amide bonds. The van der Waals surface area contributed by atoms with Gasteiger partial charge in [0.1, 0.15) is 5.82 Å². The number of aromatic nitrogens is 2. The lowest BCUT2D eigenvalue weighted by Gasteiger charge is -2.28. The molecule has 1 aromatic heterocycles. The van der Waals surface area contributed by atoms with E-state index in [1.165, 1.54) is 0 Å². The molecule has 0 spiro atoms. The first kappa shape index (κ1) is 16.8. The first-order chi connectivity index (χ1) is 11.4. The van der Waals surface area contributed by atoms with E-state index in [2.05, 4.69) is 9.97 Å². The van der Waals surface area contributed by atoms with E-state index in [9.17, 15) is 17.6 Å². The summed E-state index contributed by atoms with van der Waals surface area (Å²) in [5, 5.41) is 0. The maximum Gasteiger partial charge on any atom is 0.166 e. The summed E-state index contributed by atoms with van der Waals surface area (Å²) in [4.78, 5) is 10.5. The van der Waals surface area contributed by atoms with Crippen LogP contribution >= 0.6 is 0 Å². The molecule has 24 heavy (non-hydrogen) atoms. The lowest BCUT2D eigenvalue weighted by atomic mass is 10.0. The fourth-order valence-electron chi connectivity index (χ4n) is 2.79. The highest BCUT2D eigenvalue weighted by atomic mass is 19.2. The molecule has 0 aliphatic carbocycles. The molecule has 2 heterocycles. The zero-order valence-corrected chi connectivity index (χ0v) is 13.4. The minimum atomic E-state index is -1.38. The van der Waals surface area contributed by atoms with Crippen LogP contribution in [0.3, 0.4) is 0 Å². The van der Waals surface area contributed by atoms with E-state index >= 15 is 0 Å². The highest BCUT2D eigenvalue weighted by Crippen LogP contribution is 2.24. The highest BCUT2D eigenvalue weighted by Gasteiger charge is 2.24. The molecule has 128 valence electrons. The third kappa shape index (κ3) is 3.13. The summed E-state index contributed by atoms with van der Waals surface area (Å²) in [5.74, 6) is -4.48. The van der Waals surface area contributed by atoms with Crippen LogP contribution in [0.4, 0.5) is 17.6 Å². The molecular formula is C17H17F4N3. The fourth-order valence-corrected chi connectivity index (χ4v) is 2.79. The molecule has 1 aliphatic heterocycles. The molecule has 2 aromatic rings. The second kappa shape index (κ2) is 6.47. The molecule has 3 rings (SSSR count). The number of halogens is 4. The van der Waals surface area contributed by atoms with Crippen molar-refractivity contribution in [1.82, 2.24) is 14.9 Å². The Morgan fingerprint density at radius 2 is 1.79 bits per heavy atom. The Hall–Kier alpha value is -2.02. The summed E-state index contributed by atoms with van der Waals surface area (Å²) in [5.41, 5.74) is 1.19. The molecule has 0 saturated heterocycles. The minimum Gasteiger partial charge on any atom is -0.294 e. The Morgan fingerprint density at radius 1 is 1.12 bits per heavy atom. The molecule has 3 nitrogen and oxygen atoms in total. The van der Waals surface area contributed by atoms with Gasteiger partial charge in [-0.25, -0.2) is 27.5 Å². The van der Waals surface area contributed by atoms with E-state index in [-0.39, 0.29) is 18.5 Å². The number of hydrogen-bond donors (Lipinski definition) is 0. The quantitative estimate of drug-likeness (QED) is 0.630. The molecule has 1 aromatic carbocycles. The summed E-state index contributed by atoms with van der Waals surface area (Å²) in [7, 11) is 0. The van der Waals surface area contributed by atoms with E-state index in [4.69, 9.17) is 0 Å². The zero-order chi connectivity index (χ0) is 17.4. The van der Waals surface area contributed by atoms with Crippen LogP contribution < -0.4 is 0 Å². The Kier molecular flexibility index (Phi) is 4.54. The molecule has 0 radical (unpaired) electrons. The second-order valence-electron chi connectivity index (χ2n) is 6.26. The Morgan fingerprint density at radius 3 is 2.42 bits per heavy atom. The topological polar surface area (TPSA) is 29.0 Å². The highest BCUT2D eigenvalue weighted by molar-refractivity contribution is 5.25. The van der Waals surface area contributed by atoms with Gasteiger partial charge >= 0.3 is 0 Å². The van der Waals surface area contributed by atoms with Crippen molar-refractivity contribution in [2.75, 3.05) is 6.54 Å². The Balaban J connectivity index is 1.82. The molecule has 0 bridgehead atoms. The molecule has 0 saturated carbocycles. The molecule has 0 N–H and O–H groups in total. The van der Waals surface area contributed by atoms with Crippen molar-refractivity contribution in [3.05, 3.63) is 58.2 Å². The monoisotopic (exact) mass is 339 g/mol. The van der Waals surface area contributed by atoms with Gasteiger partial charge in [-0.05, 0) is 0 Å². The lowest BCUT2D eigenvalue weighted by Crippen LogP contribution is -2.32. The molecule has 0 fully saturated rings. The van der Waals surface area contributed by atoms with Crippen molar-refractivity contribution in [2.24, 2.45) is 0 Å². The number of fused-ring (bicyclic) bond motifs is 1. The van der Waals surface area contributed by atoms with Gasteiger partial charge in [0.15, 0.2) is 23.3 Å². The van der Waals surface area contributed by atoms with Crippen LogP contribution in [-0.2, 0) is 19.5 Å². The van der Waals surface area contributed by atoms with E-state index in [0.29, 0.717) is 19.5 Å². The third-order valence-corrected chi connectivity index (χ3v) is 4.13. The average Bonchev–Trinajstić information content (AvgIpc) is 2.56. The summed E-state index contributed by atoms with van der Waals surface area (Å²) in [6.07, 6.45) is 2.31. The summed E-state index contributed by atoms with van der Waals surface area (Å²) >= 11 is 0. The smallest absolute Gasteiger partial charge is 0.166 e. The predicted octanol–water partition coefficient (Wildman–Crippen LogP) is 3.71. The Bertz CT molecular complexity index is 751. The van der Waals surface area contributed by atoms with E-state index in [1.54, 1.807) is 11.1 Å². The van der Waals surface area contributed by atoms with Crippen LogP contribution in [0.5, 0.6) is 0 Å². The second-order valence-corrected chi connectivity index (χ2v) is 6.26. The van der Waals surface area contributed by atoms with E-state index in [1.807, 2.05) is 13.8 Å². The summed E-state index contributed by atoms with van der Waals surface area (Å²) in [6.45, 7) is 4.67. The van der Waals surface area contributed by atoms with Crippen LogP contribution in [0, 0.1) is 23.3 Å². The van der Waals surface area contributed by atoms with Gasteiger partial charge in [-0.15, -0.1) is 0 Å². The molecule has 0 unspecified atom stereocenters. The first-order valence-electron chi connectivity index (χ1n) is 7.75. The first-order valence-corrected chi connectivity index (χ1v) is 7.75. The van der Waals surface area contributed by atoms with Gasteiger partial charge in [0, 0.05) is 61.1 Å². The number of nitrogens with zero attached hydrogens (tertiary/aromatic N) is 3. The van der Waals surface area contributed by atoms with Gasteiger partial charge in [0.05, 0.1) is 0 Å². The molecule has 0 atom stereocenters. The maximum atomic E-state index is 13.8. The van der Waals surface area contributed by atoms with Crippen molar-refractivity contribution >= 4 is 0 Å². The van der Waals surface area contributed by atoms with Gasteiger partial charge in [-0.1, -0.05) is 13.8 Å². The van der Waals surface area contributed by atoms with E-state index < -0.39 is 28.8 Å². The predicted molar refractivity (Wildman–Crippen MR) is 80.2 cm³/mol. The van der Waals surface area contributed by atoms with Crippen molar-refractivity contribution < 1.29 is 17.6 Å². The molecule has 1 aliphatic rings. The molecule has 7 heteroatoms. The number of hydrogen-bond acceptors (Lipinski definition) is 3. The van der Waals surface area contributed by atoms with Crippen LogP contribution in [0.15, 0.2) is 12.3 Å². The van der Waals surface area contributed by atoms with Crippen molar-refractivity contribution in [3.8, 4) is 0 Å². The Labute approximate surface area is 137 Å². The normalized spacial score (nSPS) is 15.0. The van der Waals surface area contributed by atoms with E-state index in [0.717, 1.165) is 17.1 Å². The summed E-state index contributed by atoms with van der Waals surface area (Å²) < 4.78 is 54.2. The van der Waals surface area contributed by atoms with Gasteiger partial charge in [0.25, 0.3) is 0 Å². The largest absolute Gasteiger partial charge is 0.294 e. The van der Waals surface area contributed by atoms with Crippen LogP contribution in [0.25, 0.3) is 0 Å². The van der Waals surface area contributed by atoms with Crippen LogP contribution in [-0.4, -0.2) is 21.4 Å². The molecular weight excluding hydrogens is 322 g/mol. The lowest BCUT2D eigenvalue weighted by molar-refractivity contribution is 0.232. The SMILES string of the molecule is CC(C)c1ncc2c(n1)CCN(Cc1c(F)c(F)cc(F)c1F)C2. The van der Waals surface area contributed by atoms with Crippen molar-refractivity contribution in [2.45, 2.75) is 39.3 Å². The van der Waals surface area contributed by atoms with Crippen LogP contribution in [0.2, 0.25) is 0 Å².